The normalized spacial score (nSPS) is 13.2. The second-order valence-corrected chi connectivity index (χ2v) is 9.02. The van der Waals surface area contributed by atoms with Crippen LogP contribution in [0.5, 0.6) is 0 Å². The minimum Gasteiger partial charge on any atom is -0.550 e. The molecule has 1 heterocycles. The molecule has 0 saturated heterocycles. The molecule has 0 aliphatic heterocycles. The van der Waals surface area contributed by atoms with E-state index < -0.39 is 30.4 Å². The second-order valence-electron chi connectivity index (χ2n) is 9.02. The number of rotatable bonds is 12. The van der Waals surface area contributed by atoms with Crippen molar-refractivity contribution in [2.24, 2.45) is 5.92 Å². The maximum absolute atomic E-state index is 13.5. The van der Waals surface area contributed by atoms with Gasteiger partial charge in [0, 0.05) is 30.9 Å². The number of nitrogens with zero attached hydrogens (tertiary/aromatic N) is 2. The van der Waals surface area contributed by atoms with Gasteiger partial charge in [-0.2, -0.15) is 5.10 Å². The summed E-state index contributed by atoms with van der Waals surface area (Å²) in [7, 11) is 0. The third-order valence-electron chi connectivity index (χ3n) is 5.22. The summed E-state index contributed by atoms with van der Waals surface area (Å²) in [6, 6.07) is 5.63. The van der Waals surface area contributed by atoms with Gasteiger partial charge in [-0.15, -0.1) is 0 Å². The Morgan fingerprint density at radius 1 is 1.17 bits per heavy atom. The number of carbonyl (C=O) groups excluding carboxylic acids is 2. The molecule has 1 aromatic carbocycles. The monoisotopic (exact) mass is 497 g/mol. The van der Waals surface area contributed by atoms with E-state index in [-0.39, 0.29) is 53.5 Å². The third kappa shape index (κ3) is 9.50. The molecule has 1 amide bonds. The zero-order valence-electron chi connectivity index (χ0n) is 21.0. The van der Waals surface area contributed by atoms with Gasteiger partial charge >= 0.3 is 29.6 Å². The number of nitrogens with one attached hydrogen (secondary N) is 1. The van der Waals surface area contributed by atoms with E-state index in [1.165, 1.54) is 35.0 Å². The average molecular weight is 498 g/mol. The summed E-state index contributed by atoms with van der Waals surface area (Å²) < 4.78 is 15.0. The summed E-state index contributed by atoms with van der Waals surface area (Å²) in [6.07, 6.45) is 0.599. The molecule has 0 fully saturated rings. The molecule has 186 valence electrons. The van der Waals surface area contributed by atoms with Crippen molar-refractivity contribution >= 4 is 18.0 Å². The van der Waals surface area contributed by atoms with E-state index in [1.807, 2.05) is 13.8 Å². The van der Waals surface area contributed by atoms with Crippen molar-refractivity contribution in [2.45, 2.75) is 65.1 Å². The number of hydrogen-bond acceptors (Lipinski definition) is 6. The van der Waals surface area contributed by atoms with Gasteiger partial charge < -0.3 is 25.4 Å². The third-order valence-corrected chi connectivity index (χ3v) is 5.22. The second kappa shape index (κ2) is 14.5. The van der Waals surface area contributed by atoms with Gasteiger partial charge in [-0.25, -0.2) is 9.07 Å². The van der Waals surface area contributed by atoms with Crippen molar-refractivity contribution in [3.8, 4) is 5.69 Å². The van der Waals surface area contributed by atoms with Crippen LogP contribution in [0.4, 0.5) is 4.39 Å². The Morgan fingerprint density at radius 3 is 2.34 bits per heavy atom. The Balaban J connectivity index is 0.00000612. The first-order valence-electron chi connectivity index (χ1n) is 11.4. The minimum atomic E-state index is -1.41. The van der Waals surface area contributed by atoms with Gasteiger partial charge in [-0.1, -0.05) is 33.8 Å². The summed E-state index contributed by atoms with van der Waals surface area (Å²) >= 11 is 0. The van der Waals surface area contributed by atoms with Crippen LogP contribution in [0.25, 0.3) is 11.8 Å². The fourth-order valence-corrected chi connectivity index (χ4v) is 3.51. The van der Waals surface area contributed by atoms with Gasteiger partial charge in [0.05, 0.1) is 23.6 Å². The molecule has 8 nitrogen and oxygen atoms in total. The van der Waals surface area contributed by atoms with Crippen molar-refractivity contribution in [3.05, 3.63) is 53.1 Å². The molecule has 0 unspecified atom stereocenters. The van der Waals surface area contributed by atoms with Crippen LogP contribution in [0.15, 0.2) is 30.3 Å². The predicted molar refractivity (Wildman–Crippen MR) is 125 cm³/mol. The van der Waals surface area contributed by atoms with Crippen LogP contribution in [-0.2, 0) is 4.79 Å². The molecule has 2 atom stereocenters. The van der Waals surface area contributed by atoms with Crippen LogP contribution >= 0.6 is 0 Å². The number of halogens is 1. The standard InChI is InChI=1S/C25H34FN3O5.Na/c1-15(2)11-12-27-25(34)24-23(16(3)4)21(10-9-19(30)13-20(31)14-22(32)33)29(28-24)18-7-5-17(26)6-8-18;/h5-10,15-16,19-20,30-31H,11-14H2,1-4H3,(H,27,34)(H,32,33);/q;+1/p-1/b10-9+;/t19-,20-;/m1./s1. The first kappa shape index (κ1) is 31.0. The fraction of sp³-hybridized carbons (Fsp3) is 0.480. The minimum absolute atomic E-state index is 0. The smallest absolute Gasteiger partial charge is 0.550 e. The van der Waals surface area contributed by atoms with Crippen molar-refractivity contribution in [1.82, 2.24) is 15.1 Å². The van der Waals surface area contributed by atoms with Crippen molar-refractivity contribution in [3.63, 3.8) is 0 Å². The molecule has 0 radical (unpaired) electrons. The molecule has 3 N–H and O–H groups in total. The topological polar surface area (TPSA) is 128 Å². The summed E-state index contributed by atoms with van der Waals surface area (Å²) in [5.74, 6) is -1.84. The SMILES string of the molecule is CC(C)CCNC(=O)c1nn(-c2ccc(F)cc2)c(/C=C/[C@@H](O)C[C@@H](O)CC(=O)[O-])c1C(C)C.[Na+]. The van der Waals surface area contributed by atoms with Crippen LogP contribution in [0.3, 0.4) is 0 Å². The van der Waals surface area contributed by atoms with Crippen molar-refractivity contribution in [1.29, 1.82) is 0 Å². The number of carbonyl (C=O) groups is 2. The Bertz CT molecular complexity index is 1010. The average Bonchev–Trinajstić information content (AvgIpc) is 3.11. The first-order valence-corrected chi connectivity index (χ1v) is 11.4. The molecule has 35 heavy (non-hydrogen) atoms. The number of carboxylic acid groups (broad SMARTS) is 1. The predicted octanol–water partition coefficient (Wildman–Crippen LogP) is -0.820. The molecule has 1 aromatic heterocycles. The zero-order valence-corrected chi connectivity index (χ0v) is 23.0. The van der Waals surface area contributed by atoms with E-state index in [0.717, 1.165) is 6.42 Å². The number of hydrogen-bond donors (Lipinski definition) is 3. The quantitative estimate of drug-likeness (QED) is 0.329. The van der Waals surface area contributed by atoms with E-state index in [1.54, 1.807) is 6.08 Å². The van der Waals surface area contributed by atoms with E-state index >= 15 is 0 Å². The number of aliphatic hydroxyl groups is 2. The summed E-state index contributed by atoms with van der Waals surface area (Å²) in [6.45, 7) is 8.44. The van der Waals surface area contributed by atoms with E-state index in [0.29, 0.717) is 29.4 Å². The fourth-order valence-electron chi connectivity index (χ4n) is 3.51. The molecule has 2 rings (SSSR count). The first-order chi connectivity index (χ1) is 16.0. The number of aliphatic carboxylic acids is 1. The van der Waals surface area contributed by atoms with Gasteiger partial charge in [0.1, 0.15) is 5.82 Å². The molecule has 2 aromatic rings. The molecule has 10 heteroatoms. The zero-order chi connectivity index (χ0) is 25.4. The van der Waals surface area contributed by atoms with Crippen LogP contribution in [0.1, 0.15) is 74.6 Å². The van der Waals surface area contributed by atoms with Crippen LogP contribution in [0, 0.1) is 11.7 Å². The summed E-state index contributed by atoms with van der Waals surface area (Å²) in [4.78, 5) is 23.6. The molecular formula is C25H33FN3NaO5. The summed E-state index contributed by atoms with van der Waals surface area (Å²) in [5, 5.41) is 38.1. The molecule has 0 saturated carbocycles. The Hall–Kier alpha value is -2.04. The van der Waals surface area contributed by atoms with Crippen LogP contribution in [-0.4, -0.2) is 50.6 Å². The Labute approximate surface area is 227 Å². The van der Waals surface area contributed by atoms with Gasteiger partial charge in [0.2, 0.25) is 0 Å². The van der Waals surface area contributed by atoms with Crippen LogP contribution < -0.4 is 40.0 Å². The van der Waals surface area contributed by atoms with E-state index in [2.05, 4.69) is 24.3 Å². The Morgan fingerprint density at radius 2 is 1.80 bits per heavy atom. The molecule has 0 bridgehead atoms. The van der Waals surface area contributed by atoms with E-state index in [4.69, 9.17) is 0 Å². The maximum atomic E-state index is 13.5. The van der Waals surface area contributed by atoms with Crippen molar-refractivity contribution in [2.75, 3.05) is 6.54 Å². The van der Waals surface area contributed by atoms with Gasteiger partial charge in [0.25, 0.3) is 5.91 Å². The number of benzene rings is 1. The number of amides is 1. The van der Waals surface area contributed by atoms with Gasteiger partial charge in [-0.05, 0) is 48.6 Å². The largest absolute Gasteiger partial charge is 1.00 e. The molecule has 0 spiro atoms. The Kier molecular flexibility index (Phi) is 12.8. The molecule has 0 aliphatic rings. The van der Waals surface area contributed by atoms with E-state index in [9.17, 15) is 29.3 Å². The summed E-state index contributed by atoms with van der Waals surface area (Å²) in [5.41, 5.74) is 1.92. The van der Waals surface area contributed by atoms with Gasteiger partial charge in [-0.3, -0.25) is 4.79 Å². The van der Waals surface area contributed by atoms with Crippen LogP contribution in [0.2, 0.25) is 0 Å². The number of aliphatic hydroxyl groups excluding tert-OH is 2. The number of carboxylic acids is 1. The van der Waals surface area contributed by atoms with Gasteiger partial charge in [0.15, 0.2) is 5.69 Å². The molecule has 0 aliphatic carbocycles. The van der Waals surface area contributed by atoms with Crippen molar-refractivity contribution < 1.29 is 58.9 Å². The maximum Gasteiger partial charge on any atom is 1.00 e. The molecular weight excluding hydrogens is 464 g/mol. The number of aromatic nitrogens is 2.